The minimum atomic E-state index is 0.304. The van der Waals surface area contributed by atoms with Gasteiger partial charge in [0, 0.05) is 19.7 Å². The van der Waals surface area contributed by atoms with Crippen molar-refractivity contribution in [2.75, 3.05) is 30.0 Å². The predicted octanol–water partition coefficient (Wildman–Crippen LogP) is 2.09. The lowest BCUT2D eigenvalue weighted by molar-refractivity contribution is 0.145. The third kappa shape index (κ3) is 2.60. The lowest BCUT2D eigenvalue weighted by atomic mass is 9.67. The molecule has 17 heavy (non-hydrogen) atoms. The van der Waals surface area contributed by atoms with E-state index < -0.39 is 0 Å². The van der Waals surface area contributed by atoms with Gasteiger partial charge in [0.1, 0.15) is 11.6 Å². The molecule has 1 aromatic heterocycles. The Balaban J connectivity index is 2.01. The van der Waals surface area contributed by atoms with Gasteiger partial charge in [0.25, 0.3) is 0 Å². The van der Waals surface area contributed by atoms with Gasteiger partial charge in [0.2, 0.25) is 5.95 Å². The fourth-order valence-corrected chi connectivity index (χ4v) is 2.29. The molecule has 1 fully saturated rings. The quantitative estimate of drug-likeness (QED) is 0.728. The van der Waals surface area contributed by atoms with Crippen LogP contribution in [0.3, 0.4) is 0 Å². The summed E-state index contributed by atoms with van der Waals surface area (Å²) in [7, 11) is 1.82. The average molecular weight is 235 g/mol. The molecule has 0 unspecified atom stereocenters. The van der Waals surface area contributed by atoms with Gasteiger partial charge in [-0.25, -0.2) is 0 Å². The molecule has 0 aromatic carbocycles. The third-order valence-corrected chi connectivity index (χ3v) is 3.81. The number of nitrogens with one attached hydrogen (secondary N) is 2. The Hall–Kier alpha value is -1.52. The first-order chi connectivity index (χ1) is 8.17. The summed E-state index contributed by atoms with van der Waals surface area (Å²) in [6, 6.07) is 1.89. The number of nitrogens with zero attached hydrogens (tertiary/aromatic N) is 2. The zero-order valence-electron chi connectivity index (χ0n) is 10.6. The fraction of sp³-hybridized carbons (Fsp3) is 0.667. The highest BCUT2D eigenvalue weighted by Gasteiger charge is 2.34. The van der Waals surface area contributed by atoms with Gasteiger partial charge < -0.3 is 16.4 Å². The highest BCUT2D eigenvalue weighted by molar-refractivity contribution is 5.50. The van der Waals surface area contributed by atoms with Gasteiger partial charge in [0.15, 0.2) is 0 Å². The first kappa shape index (κ1) is 12.0. The Labute approximate surface area is 102 Å². The Kier molecular flexibility index (Phi) is 3.36. The highest BCUT2D eigenvalue weighted by Crippen LogP contribution is 2.43. The molecule has 1 aliphatic carbocycles. The second-order valence-corrected chi connectivity index (χ2v) is 4.81. The van der Waals surface area contributed by atoms with E-state index in [0.717, 1.165) is 18.2 Å². The lowest BCUT2D eigenvalue weighted by Crippen LogP contribution is -2.36. The summed E-state index contributed by atoms with van der Waals surface area (Å²) in [4.78, 5) is 8.26. The van der Waals surface area contributed by atoms with Crippen molar-refractivity contribution in [2.24, 2.45) is 5.41 Å². The van der Waals surface area contributed by atoms with Gasteiger partial charge in [0.05, 0.1) is 0 Å². The molecule has 2 rings (SSSR count). The standard InChI is InChI=1S/C12H21N5/c1-3-12(5-4-6-12)8-15-10-7-9(14-2)16-11(13)17-10/h7H,3-6,8H2,1-2H3,(H4,13,14,15,16,17). The maximum absolute atomic E-state index is 5.65. The molecule has 94 valence electrons. The SMILES string of the molecule is CCC1(CNc2cc(NC)nc(N)n2)CCC1. The summed E-state index contributed by atoms with van der Waals surface area (Å²) in [5.74, 6) is 1.86. The van der Waals surface area contributed by atoms with Gasteiger partial charge >= 0.3 is 0 Å². The van der Waals surface area contributed by atoms with Crippen molar-refractivity contribution in [1.82, 2.24) is 9.97 Å². The third-order valence-electron chi connectivity index (χ3n) is 3.81. The van der Waals surface area contributed by atoms with E-state index in [4.69, 9.17) is 5.73 Å². The van der Waals surface area contributed by atoms with Crippen LogP contribution in [0, 0.1) is 5.41 Å². The van der Waals surface area contributed by atoms with Crippen LogP contribution in [-0.4, -0.2) is 23.6 Å². The summed E-state index contributed by atoms with van der Waals surface area (Å²) in [5.41, 5.74) is 6.12. The monoisotopic (exact) mass is 235 g/mol. The minimum absolute atomic E-state index is 0.304. The van der Waals surface area contributed by atoms with Crippen LogP contribution >= 0.6 is 0 Å². The Morgan fingerprint density at radius 3 is 2.59 bits per heavy atom. The van der Waals surface area contributed by atoms with Crippen LogP contribution in [0.25, 0.3) is 0 Å². The van der Waals surface area contributed by atoms with E-state index in [-0.39, 0.29) is 0 Å². The summed E-state index contributed by atoms with van der Waals surface area (Å²) in [6.45, 7) is 3.23. The number of nitrogen functional groups attached to an aromatic ring is 1. The van der Waals surface area contributed by atoms with Crippen molar-refractivity contribution >= 4 is 17.6 Å². The Morgan fingerprint density at radius 2 is 2.06 bits per heavy atom. The Morgan fingerprint density at radius 1 is 1.35 bits per heavy atom. The van der Waals surface area contributed by atoms with Crippen molar-refractivity contribution in [1.29, 1.82) is 0 Å². The molecule has 0 spiro atoms. The topological polar surface area (TPSA) is 75.9 Å². The van der Waals surface area contributed by atoms with Gasteiger partial charge in [-0.05, 0) is 24.7 Å². The van der Waals surface area contributed by atoms with Crippen molar-refractivity contribution in [3.05, 3.63) is 6.07 Å². The molecule has 0 saturated heterocycles. The summed E-state index contributed by atoms with van der Waals surface area (Å²) in [5, 5.41) is 6.36. The van der Waals surface area contributed by atoms with Crippen molar-refractivity contribution < 1.29 is 0 Å². The van der Waals surface area contributed by atoms with Crippen molar-refractivity contribution in [3.63, 3.8) is 0 Å². The number of anilines is 3. The molecule has 1 aliphatic rings. The maximum Gasteiger partial charge on any atom is 0.223 e. The van der Waals surface area contributed by atoms with E-state index in [2.05, 4.69) is 27.5 Å². The van der Waals surface area contributed by atoms with E-state index >= 15 is 0 Å². The molecule has 5 nitrogen and oxygen atoms in total. The Bertz CT molecular complexity index is 381. The summed E-state index contributed by atoms with van der Waals surface area (Å²) < 4.78 is 0. The molecule has 4 N–H and O–H groups in total. The summed E-state index contributed by atoms with van der Waals surface area (Å²) >= 11 is 0. The smallest absolute Gasteiger partial charge is 0.223 e. The molecular formula is C12H21N5. The molecule has 1 heterocycles. The summed E-state index contributed by atoms with van der Waals surface area (Å²) in [6.07, 6.45) is 5.20. The molecule has 1 aromatic rings. The number of rotatable bonds is 5. The fourth-order valence-electron chi connectivity index (χ4n) is 2.29. The molecule has 0 atom stereocenters. The van der Waals surface area contributed by atoms with E-state index in [1.54, 1.807) is 0 Å². The normalized spacial score (nSPS) is 17.3. The van der Waals surface area contributed by atoms with Crippen LogP contribution in [0.2, 0.25) is 0 Å². The number of aromatic nitrogens is 2. The minimum Gasteiger partial charge on any atom is -0.373 e. The van der Waals surface area contributed by atoms with E-state index in [1.165, 1.54) is 25.7 Å². The average Bonchev–Trinajstić information content (AvgIpc) is 2.27. The van der Waals surface area contributed by atoms with Crippen molar-refractivity contribution in [2.45, 2.75) is 32.6 Å². The van der Waals surface area contributed by atoms with Crippen LogP contribution in [0.5, 0.6) is 0 Å². The molecule has 5 heteroatoms. The van der Waals surface area contributed by atoms with E-state index in [9.17, 15) is 0 Å². The predicted molar refractivity (Wildman–Crippen MR) is 71.1 cm³/mol. The molecule has 0 bridgehead atoms. The number of hydrogen-bond acceptors (Lipinski definition) is 5. The van der Waals surface area contributed by atoms with E-state index in [1.807, 2.05) is 13.1 Å². The van der Waals surface area contributed by atoms with Crippen LogP contribution in [-0.2, 0) is 0 Å². The van der Waals surface area contributed by atoms with Crippen LogP contribution in [0.1, 0.15) is 32.6 Å². The van der Waals surface area contributed by atoms with Crippen LogP contribution < -0.4 is 16.4 Å². The number of hydrogen-bond donors (Lipinski definition) is 3. The molecule has 0 aliphatic heterocycles. The van der Waals surface area contributed by atoms with E-state index in [0.29, 0.717) is 11.4 Å². The van der Waals surface area contributed by atoms with Crippen molar-refractivity contribution in [3.8, 4) is 0 Å². The van der Waals surface area contributed by atoms with Gasteiger partial charge in [-0.15, -0.1) is 0 Å². The lowest BCUT2D eigenvalue weighted by Gasteiger charge is -2.41. The first-order valence-electron chi connectivity index (χ1n) is 6.24. The van der Waals surface area contributed by atoms with Gasteiger partial charge in [-0.2, -0.15) is 9.97 Å². The highest BCUT2D eigenvalue weighted by atomic mass is 15.1. The molecule has 0 radical (unpaired) electrons. The van der Waals surface area contributed by atoms with Gasteiger partial charge in [-0.3, -0.25) is 0 Å². The molecular weight excluding hydrogens is 214 g/mol. The number of nitrogens with two attached hydrogens (primary N) is 1. The van der Waals surface area contributed by atoms with Crippen LogP contribution in [0.15, 0.2) is 6.07 Å². The van der Waals surface area contributed by atoms with Gasteiger partial charge in [-0.1, -0.05) is 13.3 Å². The second kappa shape index (κ2) is 4.77. The zero-order valence-corrected chi connectivity index (χ0v) is 10.6. The van der Waals surface area contributed by atoms with Crippen LogP contribution in [0.4, 0.5) is 17.6 Å². The second-order valence-electron chi connectivity index (χ2n) is 4.81. The first-order valence-corrected chi connectivity index (χ1v) is 6.24. The maximum atomic E-state index is 5.65. The molecule has 0 amide bonds. The zero-order chi connectivity index (χ0) is 12.3. The molecule has 1 saturated carbocycles. The largest absolute Gasteiger partial charge is 0.373 e.